The van der Waals surface area contributed by atoms with E-state index in [1.54, 1.807) is 7.11 Å². The highest BCUT2D eigenvalue weighted by molar-refractivity contribution is 5.96. The van der Waals surface area contributed by atoms with Crippen molar-refractivity contribution in [1.29, 1.82) is 0 Å². The number of anilines is 1. The fourth-order valence-electron chi connectivity index (χ4n) is 4.64. The molecule has 29 heavy (non-hydrogen) atoms. The molecule has 0 spiro atoms. The van der Waals surface area contributed by atoms with Crippen LogP contribution in [0.3, 0.4) is 0 Å². The van der Waals surface area contributed by atoms with Gasteiger partial charge < -0.3 is 14.5 Å². The van der Waals surface area contributed by atoms with Crippen molar-refractivity contribution in [3.8, 4) is 5.75 Å². The van der Waals surface area contributed by atoms with Gasteiger partial charge in [0.15, 0.2) is 0 Å². The minimum atomic E-state index is 0. The largest absolute Gasteiger partial charge is 0.496 e. The molecule has 2 aromatic carbocycles. The van der Waals surface area contributed by atoms with Crippen molar-refractivity contribution in [1.82, 2.24) is 4.90 Å². The second-order valence-corrected chi connectivity index (χ2v) is 7.91. The van der Waals surface area contributed by atoms with Crippen LogP contribution in [0.25, 0.3) is 0 Å². The van der Waals surface area contributed by atoms with E-state index in [4.69, 9.17) is 4.74 Å². The van der Waals surface area contributed by atoms with Gasteiger partial charge in [0, 0.05) is 31.1 Å². The van der Waals surface area contributed by atoms with Crippen LogP contribution in [0.5, 0.6) is 5.75 Å². The number of likely N-dealkylation sites (tertiary alicyclic amines) is 1. The molecule has 0 unspecified atom stereocenters. The molecule has 4 nitrogen and oxygen atoms in total. The summed E-state index contributed by atoms with van der Waals surface area (Å²) in [6.07, 6.45) is 4.90. The van der Waals surface area contributed by atoms with E-state index >= 15 is 0 Å². The van der Waals surface area contributed by atoms with Crippen LogP contribution in [0.4, 0.5) is 5.69 Å². The van der Waals surface area contributed by atoms with E-state index in [0.29, 0.717) is 12.3 Å². The summed E-state index contributed by atoms with van der Waals surface area (Å²) in [6.45, 7) is 4.19. The number of halogens is 1. The maximum Gasteiger partial charge on any atom is 0.227 e. The monoisotopic (exact) mass is 414 g/mol. The summed E-state index contributed by atoms with van der Waals surface area (Å²) in [7, 11) is 1.76. The highest BCUT2D eigenvalue weighted by Gasteiger charge is 2.26. The van der Waals surface area contributed by atoms with E-state index < -0.39 is 0 Å². The van der Waals surface area contributed by atoms with Crippen molar-refractivity contribution in [2.45, 2.75) is 38.0 Å². The number of benzene rings is 2. The molecule has 0 bridgehead atoms. The van der Waals surface area contributed by atoms with Crippen molar-refractivity contribution in [3.05, 3.63) is 59.7 Å². The molecule has 1 saturated heterocycles. The second kappa shape index (κ2) is 10.1. The van der Waals surface area contributed by atoms with Gasteiger partial charge in [0.05, 0.1) is 7.11 Å². The standard InChI is InChI=1S/C24H30N2O2.ClH/c1-28-23-11-5-3-9-21(23)20-14-17-25(18-20)15-6-7-16-26-22-10-4-2-8-19(22)12-13-24(26)27;/h2-5,8-11,20H,6-7,12-18H2,1H3;1H/t20-;/m0./s1. The molecule has 0 saturated carbocycles. The van der Waals surface area contributed by atoms with Crippen LogP contribution in [0.2, 0.25) is 0 Å². The fraction of sp³-hybridized carbons (Fsp3) is 0.458. The first-order valence-corrected chi connectivity index (χ1v) is 10.5. The summed E-state index contributed by atoms with van der Waals surface area (Å²) in [6, 6.07) is 16.7. The van der Waals surface area contributed by atoms with Crippen LogP contribution >= 0.6 is 12.4 Å². The Hall–Kier alpha value is -2.04. The number of unbranched alkanes of at least 4 members (excludes halogenated alkanes) is 1. The van der Waals surface area contributed by atoms with Gasteiger partial charge in [0.1, 0.15) is 5.75 Å². The summed E-state index contributed by atoms with van der Waals surface area (Å²) in [5, 5.41) is 0. The summed E-state index contributed by atoms with van der Waals surface area (Å²) >= 11 is 0. The maximum atomic E-state index is 12.4. The van der Waals surface area contributed by atoms with Gasteiger partial charge >= 0.3 is 0 Å². The summed E-state index contributed by atoms with van der Waals surface area (Å²) in [5.41, 5.74) is 3.76. The van der Waals surface area contributed by atoms with Gasteiger partial charge in [-0.15, -0.1) is 12.4 Å². The van der Waals surface area contributed by atoms with Crippen molar-refractivity contribution in [2.24, 2.45) is 0 Å². The quantitative estimate of drug-likeness (QED) is 0.617. The van der Waals surface area contributed by atoms with Crippen molar-refractivity contribution in [3.63, 3.8) is 0 Å². The molecule has 2 heterocycles. The summed E-state index contributed by atoms with van der Waals surface area (Å²) < 4.78 is 5.54. The second-order valence-electron chi connectivity index (χ2n) is 7.91. The molecule has 0 radical (unpaired) electrons. The number of hydrogen-bond donors (Lipinski definition) is 0. The van der Waals surface area contributed by atoms with Crippen LogP contribution in [0.15, 0.2) is 48.5 Å². The van der Waals surface area contributed by atoms with Crippen LogP contribution < -0.4 is 9.64 Å². The Balaban J connectivity index is 0.00000240. The molecular weight excluding hydrogens is 384 g/mol. The normalized spacial score (nSPS) is 19.0. The smallest absolute Gasteiger partial charge is 0.227 e. The minimum absolute atomic E-state index is 0. The SMILES string of the molecule is COc1ccccc1[C@H]1CCN(CCCCN2C(=O)CCc3ccccc32)C1.Cl. The Morgan fingerprint density at radius 1 is 1.00 bits per heavy atom. The highest BCUT2D eigenvalue weighted by atomic mass is 35.5. The van der Waals surface area contributed by atoms with Crippen LogP contribution in [0, 0.1) is 0 Å². The average Bonchev–Trinajstić information content (AvgIpc) is 3.21. The van der Waals surface area contributed by atoms with E-state index in [0.717, 1.165) is 56.9 Å². The summed E-state index contributed by atoms with van der Waals surface area (Å²) in [4.78, 5) is 16.9. The zero-order valence-electron chi connectivity index (χ0n) is 17.2. The first-order chi connectivity index (χ1) is 13.8. The Morgan fingerprint density at radius 2 is 1.76 bits per heavy atom. The number of carbonyl (C=O) groups is 1. The van der Waals surface area contributed by atoms with Crippen molar-refractivity contribution in [2.75, 3.05) is 38.2 Å². The first-order valence-electron chi connectivity index (χ1n) is 10.5. The van der Waals surface area contributed by atoms with Gasteiger partial charge in [0.2, 0.25) is 5.91 Å². The number of rotatable bonds is 7. The third kappa shape index (κ3) is 4.93. The topological polar surface area (TPSA) is 32.8 Å². The highest BCUT2D eigenvalue weighted by Crippen LogP contribution is 2.33. The number of amides is 1. The number of hydrogen-bond acceptors (Lipinski definition) is 3. The lowest BCUT2D eigenvalue weighted by Crippen LogP contribution is -2.36. The minimum Gasteiger partial charge on any atom is -0.496 e. The predicted molar refractivity (Wildman–Crippen MR) is 120 cm³/mol. The molecule has 4 rings (SSSR count). The van der Waals surface area contributed by atoms with Crippen LogP contribution in [0.1, 0.15) is 42.7 Å². The van der Waals surface area contributed by atoms with Gasteiger partial charge in [-0.2, -0.15) is 0 Å². The van der Waals surface area contributed by atoms with Gasteiger partial charge in [0.25, 0.3) is 0 Å². The molecule has 1 amide bonds. The lowest BCUT2D eigenvalue weighted by Gasteiger charge is -2.29. The van der Waals surface area contributed by atoms with E-state index in [9.17, 15) is 4.79 Å². The Kier molecular flexibility index (Phi) is 7.57. The van der Waals surface area contributed by atoms with E-state index in [2.05, 4.69) is 41.3 Å². The molecule has 1 fully saturated rings. The van der Waals surface area contributed by atoms with Crippen molar-refractivity contribution < 1.29 is 9.53 Å². The molecule has 0 aromatic heterocycles. The molecule has 5 heteroatoms. The number of methoxy groups -OCH3 is 1. The van der Waals surface area contributed by atoms with Gasteiger partial charge in [-0.05, 0) is 62.0 Å². The average molecular weight is 415 g/mol. The molecule has 2 aromatic rings. The number of para-hydroxylation sites is 2. The zero-order chi connectivity index (χ0) is 19.3. The number of fused-ring (bicyclic) bond motifs is 1. The number of ether oxygens (including phenoxy) is 1. The molecule has 1 atom stereocenters. The number of carbonyl (C=O) groups excluding carboxylic acids is 1. The molecule has 2 aliphatic rings. The molecule has 0 N–H and O–H groups in total. The number of nitrogens with zero attached hydrogens (tertiary/aromatic N) is 2. The van der Waals surface area contributed by atoms with Crippen LogP contribution in [-0.4, -0.2) is 44.1 Å². The van der Waals surface area contributed by atoms with E-state index in [1.807, 2.05) is 17.0 Å². The first kappa shape index (κ1) is 21.7. The number of aryl methyl sites for hydroxylation is 1. The zero-order valence-corrected chi connectivity index (χ0v) is 18.0. The Bertz CT molecular complexity index is 826. The lowest BCUT2D eigenvalue weighted by molar-refractivity contribution is -0.118. The van der Waals surface area contributed by atoms with Crippen LogP contribution in [-0.2, 0) is 11.2 Å². The van der Waals surface area contributed by atoms with Gasteiger partial charge in [-0.25, -0.2) is 0 Å². The molecule has 156 valence electrons. The lowest BCUT2D eigenvalue weighted by atomic mass is 9.97. The molecule has 2 aliphatic heterocycles. The van der Waals surface area contributed by atoms with Crippen molar-refractivity contribution >= 4 is 24.0 Å². The Morgan fingerprint density at radius 3 is 2.62 bits per heavy atom. The molecule has 0 aliphatic carbocycles. The third-order valence-electron chi connectivity index (χ3n) is 6.15. The predicted octanol–water partition coefficient (Wildman–Crippen LogP) is 4.67. The van der Waals surface area contributed by atoms with E-state index in [-0.39, 0.29) is 18.3 Å². The van der Waals surface area contributed by atoms with E-state index in [1.165, 1.54) is 17.5 Å². The summed E-state index contributed by atoms with van der Waals surface area (Å²) in [5.74, 6) is 1.85. The molecular formula is C24H31ClN2O2. The van der Waals surface area contributed by atoms with Gasteiger partial charge in [-0.1, -0.05) is 36.4 Å². The third-order valence-corrected chi connectivity index (χ3v) is 6.15. The Labute approximate surface area is 180 Å². The maximum absolute atomic E-state index is 12.4. The fourth-order valence-corrected chi connectivity index (χ4v) is 4.64. The van der Waals surface area contributed by atoms with Gasteiger partial charge in [-0.3, -0.25) is 4.79 Å².